The number of amides is 1. The third kappa shape index (κ3) is 6.45. The van der Waals surface area contributed by atoms with E-state index in [4.69, 9.17) is 16.3 Å². The van der Waals surface area contributed by atoms with E-state index in [0.717, 1.165) is 69.4 Å². The van der Waals surface area contributed by atoms with Gasteiger partial charge in [-0.15, -0.1) is 0 Å². The van der Waals surface area contributed by atoms with Crippen molar-refractivity contribution in [1.82, 2.24) is 15.3 Å². The molecule has 0 spiro atoms. The number of carbonyl (C=O) groups excluding carboxylic acids is 1. The van der Waals surface area contributed by atoms with Crippen LogP contribution in [0.15, 0.2) is 24.4 Å². The van der Waals surface area contributed by atoms with E-state index in [9.17, 15) is 9.18 Å². The smallest absolute Gasteiger partial charge is 0.217 e. The zero-order chi connectivity index (χ0) is 24.1. The SMILES string of the molecule is CC(=O)NC1CCC(Cc2cc(-c3ccc(F)c(NCC4(C)CCOCC4)n3)c(Cl)cn2)CC1. The molecule has 3 heterocycles. The van der Waals surface area contributed by atoms with Gasteiger partial charge >= 0.3 is 0 Å². The summed E-state index contributed by atoms with van der Waals surface area (Å²) >= 11 is 6.48. The Hall–Kier alpha value is -2.25. The minimum Gasteiger partial charge on any atom is -0.381 e. The lowest BCUT2D eigenvalue weighted by Gasteiger charge is -2.33. The van der Waals surface area contributed by atoms with E-state index in [1.807, 2.05) is 6.07 Å². The summed E-state index contributed by atoms with van der Waals surface area (Å²) in [5.74, 6) is 0.428. The third-order valence-electron chi connectivity index (χ3n) is 7.17. The van der Waals surface area contributed by atoms with Crippen molar-refractivity contribution in [3.63, 3.8) is 0 Å². The molecule has 8 heteroatoms. The molecule has 2 aromatic rings. The minimum atomic E-state index is -0.374. The van der Waals surface area contributed by atoms with Crippen molar-refractivity contribution in [1.29, 1.82) is 0 Å². The Kier molecular flexibility index (Phi) is 8.04. The average molecular weight is 489 g/mol. The zero-order valence-electron chi connectivity index (χ0n) is 20.0. The molecule has 2 N–H and O–H groups in total. The number of anilines is 1. The van der Waals surface area contributed by atoms with Gasteiger partial charge < -0.3 is 15.4 Å². The Morgan fingerprint density at radius 3 is 2.68 bits per heavy atom. The molecule has 0 aromatic carbocycles. The summed E-state index contributed by atoms with van der Waals surface area (Å²) in [6, 6.07) is 5.36. The number of nitrogens with zero attached hydrogens (tertiary/aromatic N) is 2. The van der Waals surface area contributed by atoms with E-state index in [2.05, 4.69) is 27.5 Å². The maximum atomic E-state index is 14.5. The molecule has 2 aliphatic rings. The fraction of sp³-hybridized carbons (Fsp3) is 0.577. The summed E-state index contributed by atoms with van der Waals surface area (Å²) in [6.07, 6.45) is 8.48. The highest BCUT2D eigenvalue weighted by molar-refractivity contribution is 6.33. The minimum absolute atomic E-state index is 0.0370. The van der Waals surface area contributed by atoms with Gasteiger partial charge in [-0.2, -0.15) is 0 Å². The summed E-state index contributed by atoms with van der Waals surface area (Å²) in [4.78, 5) is 20.4. The van der Waals surface area contributed by atoms with Gasteiger partial charge in [-0.1, -0.05) is 18.5 Å². The second-order valence-corrected chi connectivity index (χ2v) is 10.5. The number of nitrogens with one attached hydrogen (secondary N) is 2. The Labute approximate surface area is 206 Å². The van der Waals surface area contributed by atoms with Crippen LogP contribution in [0, 0.1) is 17.2 Å². The van der Waals surface area contributed by atoms with Crippen molar-refractivity contribution < 1.29 is 13.9 Å². The molecule has 1 aliphatic carbocycles. The van der Waals surface area contributed by atoms with E-state index < -0.39 is 0 Å². The van der Waals surface area contributed by atoms with Crippen LogP contribution in [0.4, 0.5) is 10.2 Å². The van der Waals surface area contributed by atoms with Crippen LogP contribution in [0.3, 0.4) is 0 Å². The number of hydrogen-bond acceptors (Lipinski definition) is 5. The van der Waals surface area contributed by atoms with Crippen molar-refractivity contribution in [3.05, 3.63) is 40.9 Å². The van der Waals surface area contributed by atoms with Gasteiger partial charge in [-0.3, -0.25) is 9.78 Å². The molecule has 34 heavy (non-hydrogen) atoms. The first-order valence-corrected chi connectivity index (χ1v) is 12.6. The maximum absolute atomic E-state index is 14.5. The highest BCUT2D eigenvalue weighted by atomic mass is 35.5. The van der Waals surface area contributed by atoms with Crippen LogP contribution in [0.25, 0.3) is 11.3 Å². The lowest BCUT2D eigenvalue weighted by atomic mass is 9.82. The van der Waals surface area contributed by atoms with Crippen LogP contribution in [-0.2, 0) is 16.0 Å². The Bertz CT molecular complexity index is 1000. The van der Waals surface area contributed by atoms with Gasteiger partial charge in [0.05, 0.1) is 10.7 Å². The standard InChI is InChI=1S/C26H34ClFN4O2/c1-17(33)31-19-5-3-18(4-6-19)13-20-14-21(22(27)15-29-20)24-8-7-23(28)25(32-24)30-16-26(2)9-11-34-12-10-26/h7-8,14-15,18-19H,3-6,9-13,16H2,1-2H3,(H,30,32)(H,31,33). The predicted molar refractivity (Wildman–Crippen MR) is 132 cm³/mol. The summed E-state index contributed by atoms with van der Waals surface area (Å²) in [6.45, 7) is 5.87. The van der Waals surface area contributed by atoms with E-state index in [0.29, 0.717) is 23.2 Å². The number of hydrogen-bond donors (Lipinski definition) is 2. The van der Waals surface area contributed by atoms with E-state index in [-0.39, 0.29) is 29.0 Å². The largest absolute Gasteiger partial charge is 0.381 e. The van der Waals surface area contributed by atoms with Gasteiger partial charge in [0, 0.05) is 50.2 Å². The average Bonchev–Trinajstić information content (AvgIpc) is 2.81. The van der Waals surface area contributed by atoms with E-state index in [1.54, 1.807) is 19.2 Å². The fourth-order valence-corrected chi connectivity index (χ4v) is 5.14. The first kappa shape index (κ1) is 24.9. The lowest BCUT2D eigenvalue weighted by Crippen LogP contribution is -2.36. The number of halogens is 2. The summed E-state index contributed by atoms with van der Waals surface area (Å²) in [7, 11) is 0. The van der Waals surface area contributed by atoms with Crippen LogP contribution in [-0.4, -0.2) is 41.7 Å². The predicted octanol–water partition coefficient (Wildman–Crippen LogP) is 5.40. The first-order chi connectivity index (χ1) is 16.3. The molecule has 2 aromatic heterocycles. The third-order valence-corrected chi connectivity index (χ3v) is 7.47. The molecule has 1 saturated heterocycles. The quantitative estimate of drug-likeness (QED) is 0.545. The maximum Gasteiger partial charge on any atom is 0.217 e. The number of carbonyl (C=O) groups is 1. The van der Waals surface area contributed by atoms with Crippen molar-refractivity contribution in [2.24, 2.45) is 11.3 Å². The fourth-order valence-electron chi connectivity index (χ4n) is 4.94. The summed E-state index contributed by atoms with van der Waals surface area (Å²) in [5.41, 5.74) is 2.41. The van der Waals surface area contributed by atoms with E-state index in [1.165, 1.54) is 6.07 Å². The second-order valence-electron chi connectivity index (χ2n) is 10.1. The lowest BCUT2D eigenvalue weighted by molar-refractivity contribution is -0.119. The highest BCUT2D eigenvalue weighted by Gasteiger charge is 2.28. The Morgan fingerprint density at radius 1 is 1.24 bits per heavy atom. The van der Waals surface area contributed by atoms with Crippen LogP contribution in [0.5, 0.6) is 0 Å². The second kappa shape index (κ2) is 11.0. The summed E-state index contributed by atoms with van der Waals surface area (Å²) < 4.78 is 20.0. The van der Waals surface area contributed by atoms with E-state index >= 15 is 0 Å². The monoisotopic (exact) mass is 488 g/mol. The van der Waals surface area contributed by atoms with Gasteiger partial charge in [0.2, 0.25) is 5.91 Å². The van der Waals surface area contributed by atoms with Crippen LogP contribution in [0.1, 0.15) is 58.1 Å². The van der Waals surface area contributed by atoms with Gasteiger partial charge in [0.1, 0.15) is 0 Å². The van der Waals surface area contributed by atoms with Crippen LogP contribution in [0.2, 0.25) is 5.02 Å². The zero-order valence-corrected chi connectivity index (χ0v) is 20.8. The molecule has 0 radical (unpaired) electrons. The normalized spacial score (nSPS) is 22.2. The molecule has 2 fully saturated rings. The molecule has 1 aliphatic heterocycles. The van der Waals surface area contributed by atoms with Crippen molar-refractivity contribution in [3.8, 4) is 11.3 Å². The van der Waals surface area contributed by atoms with Crippen molar-refractivity contribution in [2.75, 3.05) is 25.1 Å². The molecule has 6 nitrogen and oxygen atoms in total. The highest BCUT2D eigenvalue weighted by Crippen LogP contribution is 2.33. The summed E-state index contributed by atoms with van der Waals surface area (Å²) in [5, 5.41) is 6.74. The van der Waals surface area contributed by atoms with Gasteiger partial charge in [-0.05, 0) is 74.5 Å². The topological polar surface area (TPSA) is 76.1 Å². The molecule has 1 amide bonds. The van der Waals surface area contributed by atoms with Crippen molar-refractivity contribution >= 4 is 23.3 Å². The Morgan fingerprint density at radius 2 is 1.97 bits per heavy atom. The van der Waals surface area contributed by atoms with Crippen LogP contribution < -0.4 is 10.6 Å². The first-order valence-electron chi connectivity index (χ1n) is 12.2. The molecule has 0 unspecified atom stereocenters. The number of ether oxygens (including phenoxy) is 1. The molecule has 1 saturated carbocycles. The number of rotatable bonds is 7. The number of pyridine rings is 2. The molecule has 0 bridgehead atoms. The van der Waals surface area contributed by atoms with Gasteiger partial charge in [-0.25, -0.2) is 9.37 Å². The van der Waals surface area contributed by atoms with Crippen molar-refractivity contribution in [2.45, 2.75) is 64.8 Å². The van der Waals surface area contributed by atoms with Gasteiger partial charge in [0.25, 0.3) is 0 Å². The molecule has 0 atom stereocenters. The molecule has 184 valence electrons. The van der Waals surface area contributed by atoms with Gasteiger partial charge in [0.15, 0.2) is 11.6 Å². The Balaban J connectivity index is 1.44. The molecular formula is C26H34ClFN4O2. The molecular weight excluding hydrogens is 455 g/mol. The number of aromatic nitrogens is 2. The van der Waals surface area contributed by atoms with Crippen LogP contribution >= 0.6 is 11.6 Å². The molecule has 4 rings (SSSR count).